The van der Waals surface area contributed by atoms with E-state index in [2.05, 4.69) is 64.1 Å². The second-order valence-electron chi connectivity index (χ2n) is 5.56. The van der Waals surface area contributed by atoms with E-state index in [4.69, 9.17) is 5.73 Å². The van der Waals surface area contributed by atoms with Crippen LogP contribution in [0.4, 0.5) is 0 Å². The highest BCUT2D eigenvalue weighted by Gasteiger charge is 2.13. The molecular weight excluding hydrogens is 242 g/mol. The average molecular weight is 267 g/mol. The van der Waals surface area contributed by atoms with E-state index in [-0.39, 0.29) is 6.04 Å². The molecule has 0 saturated carbocycles. The predicted octanol–water partition coefficient (Wildman–Crippen LogP) is 4.48. The molecule has 0 radical (unpaired) electrons. The standard InChI is InChI=1S/C19H25N/c1-5-15-8-10-16(6-2)18(12-15)19(20)17-9-7-13(3)14(4)11-17/h7-12,19H,5-6,20H2,1-4H3. The van der Waals surface area contributed by atoms with Crippen LogP contribution < -0.4 is 5.73 Å². The zero-order valence-corrected chi connectivity index (χ0v) is 13.0. The summed E-state index contributed by atoms with van der Waals surface area (Å²) in [7, 11) is 0. The highest BCUT2D eigenvalue weighted by molar-refractivity contribution is 5.42. The van der Waals surface area contributed by atoms with Crippen LogP contribution in [0.5, 0.6) is 0 Å². The average Bonchev–Trinajstić information content (AvgIpc) is 2.48. The third-order valence-corrected chi connectivity index (χ3v) is 4.22. The first-order chi connectivity index (χ1) is 9.56. The maximum Gasteiger partial charge on any atom is 0.0554 e. The molecule has 0 spiro atoms. The Kier molecular flexibility index (Phi) is 4.61. The topological polar surface area (TPSA) is 26.0 Å². The van der Waals surface area contributed by atoms with Crippen molar-refractivity contribution in [1.82, 2.24) is 0 Å². The fraction of sp³-hybridized carbons (Fsp3) is 0.368. The van der Waals surface area contributed by atoms with Gasteiger partial charge >= 0.3 is 0 Å². The molecule has 20 heavy (non-hydrogen) atoms. The minimum atomic E-state index is -0.0317. The molecule has 0 saturated heterocycles. The zero-order valence-electron chi connectivity index (χ0n) is 13.0. The monoisotopic (exact) mass is 267 g/mol. The number of nitrogens with two attached hydrogens (primary N) is 1. The van der Waals surface area contributed by atoms with Gasteiger partial charge in [0.15, 0.2) is 0 Å². The predicted molar refractivity (Wildman–Crippen MR) is 87.1 cm³/mol. The minimum Gasteiger partial charge on any atom is -0.320 e. The second kappa shape index (κ2) is 6.23. The molecule has 106 valence electrons. The summed E-state index contributed by atoms with van der Waals surface area (Å²) in [5, 5.41) is 0. The molecule has 2 rings (SSSR count). The summed E-state index contributed by atoms with van der Waals surface area (Å²) in [5.41, 5.74) is 14.4. The largest absolute Gasteiger partial charge is 0.320 e. The summed E-state index contributed by atoms with van der Waals surface area (Å²) in [5.74, 6) is 0. The van der Waals surface area contributed by atoms with Gasteiger partial charge in [0.05, 0.1) is 6.04 Å². The number of rotatable bonds is 4. The van der Waals surface area contributed by atoms with Crippen LogP contribution in [0.3, 0.4) is 0 Å². The molecule has 1 atom stereocenters. The minimum absolute atomic E-state index is 0.0317. The van der Waals surface area contributed by atoms with Gasteiger partial charge in [0.1, 0.15) is 0 Å². The van der Waals surface area contributed by atoms with Crippen LogP contribution in [0.25, 0.3) is 0 Å². The zero-order chi connectivity index (χ0) is 14.7. The van der Waals surface area contributed by atoms with Gasteiger partial charge in [-0.1, -0.05) is 50.2 Å². The van der Waals surface area contributed by atoms with Gasteiger partial charge in [-0.15, -0.1) is 0 Å². The van der Waals surface area contributed by atoms with Crippen molar-refractivity contribution >= 4 is 0 Å². The summed E-state index contributed by atoms with van der Waals surface area (Å²) in [6, 6.07) is 13.2. The molecule has 2 N–H and O–H groups in total. The lowest BCUT2D eigenvalue weighted by Gasteiger charge is -2.18. The van der Waals surface area contributed by atoms with Gasteiger partial charge in [-0.05, 0) is 60.1 Å². The fourth-order valence-electron chi connectivity index (χ4n) is 2.61. The molecule has 1 heteroatoms. The van der Waals surface area contributed by atoms with Crippen LogP contribution >= 0.6 is 0 Å². The van der Waals surface area contributed by atoms with E-state index >= 15 is 0 Å². The maximum atomic E-state index is 6.54. The van der Waals surface area contributed by atoms with Gasteiger partial charge in [0, 0.05) is 0 Å². The summed E-state index contributed by atoms with van der Waals surface area (Å²) in [6.45, 7) is 8.67. The van der Waals surface area contributed by atoms with Gasteiger partial charge in [-0.25, -0.2) is 0 Å². The van der Waals surface area contributed by atoms with Crippen LogP contribution in [0.1, 0.15) is 53.3 Å². The molecule has 0 aliphatic rings. The van der Waals surface area contributed by atoms with Crippen molar-refractivity contribution in [1.29, 1.82) is 0 Å². The Morgan fingerprint density at radius 3 is 2.25 bits per heavy atom. The smallest absolute Gasteiger partial charge is 0.0554 e. The van der Waals surface area contributed by atoms with E-state index in [1.54, 1.807) is 0 Å². The fourth-order valence-corrected chi connectivity index (χ4v) is 2.61. The molecule has 2 aromatic carbocycles. The van der Waals surface area contributed by atoms with E-state index in [1.807, 2.05) is 0 Å². The summed E-state index contributed by atoms with van der Waals surface area (Å²) in [4.78, 5) is 0. The lowest BCUT2D eigenvalue weighted by atomic mass is 9.90. The Morgan fingerprint density at radius 2 is 1.65 bits per heavy atom. The van der Waals surface area contributed by atoms with Crippen molar-refractivity contribution in [3.05, 3.63) is 69.8 Å². The molecule has 0 bridgehead atoms. The first-order valence-corrected chi connectivity index (χ1v) is 7.51. The Hall–Kier alpha value is -1.60. The van der Waals surface area contributed by atoms with E-state index in [1.165, 1.54) is 33.4 Å². The normalized spacial score (nSPS) is 12.4. The second-order valence-corrected chi connectivity index (χ2v) is 5.56. The highest BCUT2D eigenvalue weighted by atomic mass is 14.6. The molecule has 0 amide bonds. The van der Waals surface area contributed by atoms with Crippen LogP contribution in [0.15, 0.2) is 36.4 Å². The van der Waals surface area contributed by atoms with Gasteiger partial charge in [0.25, 0.3) is 0 Å². The molecule has 0 aliphatic heterocycles. The highest BCUT2D eigenvalue weighted by Crippen LogP contribution is 2.26. The van der Waals surface area contributed by atoms with E-state index < -0.39 is 0 Å². The van der Waals surface area contributed by atoms with E-state index in [0.717, 1.165) is 12.8 Å². The third kappa shape index (κ3) is 2.94. The summed E-state index contributed by atoms with van der Waals surface area (Å²) < 4.78 is 0. The van der Waals surface area contributed by atoms with Crippen molar-refractivity contribution < 1.29 is 0 Å². The SMILES string of the molecule is CCc1ccc(CC)c(C(N)c2ccc(C)c(C)c2)c1. The van der Waals surface area contributed by atoms with Crippen molar-refractivity contribution in [2.24, 2.45) is 5.73 Å². The number of benzene rings is 2. The quantitative estimate of drug-likeness (QED) is 0.868. The van der Waals surface area contributed by atoms with Gasteiger partial charge in [-0.2, -0.15) is 0 Å². The van der Waals surface area contributed by atoms with Gasteiger partial charge < -0.3 is 5.73 Å². The first-order valence-electron chi connectivity index (χ1n) is 7.51. The number of hydrogen-bond acceptors (Lipinski definition) is 1. The molecule has 0 fully saturated rings. The Labute approximate surface area is 122 Å². The molecule has 2 aromatic rings. The molecule has 1 nitrogen and oxygen atoms in total. The Morgan fingerprint density at radius 1 is 0.900 bits per heavy atom. The third-order valence-electron chi connectivity index (χ3n) is 4.22. The van der Waals surface area contributed by atoms with Crippen molar-refractivity contribution in [3.63, 3.8) is 0 Å². The lowest BCUT2D eigenvalue weighted by molar-refractivity contribution is 0.843. The van der Waals surface area contributed by atoms with Crippen molar-refractivity contribution in [2.45, 2.75) is 46.6 Å². The van der Waals surface area contributed by atoms with Crippen LogP contribution in [-0.4, -0.2) is 0 Å². The molecule has 0 heterocycles. The van der Waals surface area contributed by atoms with E-state index in [9.17, 15) is 0 Å². The molecule has 0 aromatic heterocycles. The van der Waals surface area contributed by atoms with Crippen molar-refractivity contribution in [3.8, 4) is 0 Å². The number of aryl methyl sites for hydroxylation is 4. The maximum absolute atomic E-state index is 6.54. The van der Waals surface area contributed by atoms with Crippen LogP contribution in [0.2, 0.25) is 0 Å². The van der Waals surface area contributed by atoms with Crippen LogP contribution in [0, 0.1) is 13.8 Å². The molecule has 0 aliphatic carbocycles. The number of hydrogen-bond donors (Lipinski definition) is 1. The molecular formula is C19H25N. The van der Waals surface area contributed by atoms with E-state index in [0.29, 0.717) is 0 Å². The van der Waals surface area contributed by atoms with Gasteiger partial charge in [-0.3, -0.25) is 0 Å². The van der Waals surface area contributed by atoms with Gasteiger partial charge in [0.2, 0.25) is 0 Å². The van der Waals surface area contributed by atoms with Crippen molar-refractivity contribution in [2.75, 3.05) is 0 Å². The first kappa shape index (κ1) is 14.8. The Balaban J connectivity index is 2.45. The Bertz CT molecular complexity index is 599. The lowest BCUT2D eigenvalue weighted by Crippen LogP contribution is -2.14. The summed E-state index contributed by atoms with van der Waals surface area (Å²) >= 11 is 0. The van der Waals surface area contributed by atoms with Crippen LogP contribution in [-0.2, 0) is 12.8 Å². The summed E-state index contributed by atoms with van der Waals surface area (Å²) in [6.07, 6.45) is 2.08. The molecule has 1 unspecified atom stereocenters.